The van der Waals surface area contributed by atoms with Gasteiger partial charge in [0, 0.05) is 17.1 Å². The Balaban J connectivity index is 1.71. The van der Waals surface area contributed by atoms with Crippen molar-refractivity contribution in [2.75, 3.05) is 6.61 Å². The summed E-state index contributed by atoms with van der Waals surface area (Å²) in [5.41, 5.74) is 1.95. The largest absolute Gasteiger partial charge is 0.543 e. The molecule has 0 spiro atoms. The van der Waals surface area contributed by atoms with E-state index in [0.717, 1.165) is 5.56 Å². The number of phosphoric acid groups is 3. The second-order valence-corrected chi connectivity index (χ2v) is 12.3. The van der Waals surface area contributed by atoms with Crippen molar-refractivity contribution < 1.29 is 66.1 Å². The van der Waals surface area contributed by atoms with E-state index in [4.69, 9.17) is 23.6 Å². The fraction of sp³-hybridized carbons (Fsp3) is 0.263. The molecule has 1 aliphatic rings. The maximum Gasteiger partial charge on any atom is 0.543 e. The van der Waals surface area contributed by atoms with E-state index >= 15 is 0 Å². The maximum atomic E-state index is 13.5. The smallest absolute Gasteiger partial charge is 0.401 e. The third-order valence-corrected chi connectivity index (χ3v) is 9.27. The molecular weight excluding hydrogens is 559 g/mol. The summed E-state index contributed by atoms with van der Waals surface area (Å²) < 4.78 is 59.9. The number of fused-ring (bicyclic) bond motifs is 1. The van der Waals surface area contributed by atoms with Crippen LogP contribution >= 0.6 is 23.5 Å². The number of hydrogen-bond donors (Lipinski definition) is 7. The zero-order valence-electron chi connectivity index (χ0n) is 18.6. The summed E-state index contributed by atoms with van der Waals surface area (Å²) in [6.45, 7) is -0.788. The van der Waals surface area contributed by atoms with Crippen molar-refractivity contribution in [3.8, 4) is 16.9 Å². The first-order valence-corrected chi connectivity index (χ1v) is 14.9. The first-order chi connectivity index (χ1) is 17.2. The molecule has 0 saturated carbocycles. The molecule has 2 unspecified atom stereocenters. The van der Waals surface area contributed by atoms with Crippen molar-refractivity contribution in [1.29, 1.82) is 0 Å². The molecule has 1 aromatic heterocycles. The number of benzene rings is 2. The Morgan fingerprint density at radius 1 is 1.03 bits per heavy atom. The number of rotatable bonds is 10. The molecule has 0 radical (unpaired) electrons. The number of aliphatic hydroxyl groups excluding tert-OH is 2. The molecule has 0 aliphatic carbocycles. The molecule has 3 aromatic rings. The van der Waals surface area contributed by atoms with Crippen LogP contribution in [-0.2, 0) is 31.6 Å². The molecule has 2 aromatic carbocycles. The van der Waals surface area contributed by atoms with Gasteiger partial charge in [-0.1, -0.05) is 36.4 Å². The van der Waals surface area contributed by atoms with E-state index in [9.17, 15) is 33.9 Å². The maximum absolute atomic E-state index is 13.5. The molecule has 1 aliphatic heterocycles. The Hall–Kier alpha value is -1.93. The van der Waals surface area contributed by atoms with Crippen molar-refractivity contribution in [3.05, 3.63) is 54.7 Å². The molecule has 2 heterocycles. The van der Waals surface area contributed by atoms with E-state index in [1.807, 2.05) is 18.2 Å². The van der Waals surface area contributed by atoms with Gasteiger partial charge in [0.2, 0.25) is 0 Å². The van der Waals surface area contributed by atoms with Gasteiger partial charge < -0.3 is 44.2 Å². The van der Waals surface area contributed by atoms with Crippen molar-refractivity contribution in [2.45, 2.75) is 24.6 Å². The molecule has 0 amide bonds. The summed E-state index contributed by atoms with van der Waals surface area (Å²) in [7, 11) is -17.1. The van der Waals surface area contributed by atoms with Crippen LogP contribution in [0.1, 0.15) is 6.42 Å². The second-order valence-electron chi connectivity index (χ2n) is 7.85. The lowest BCUT2D eigenvalue weighted by Crippen LogP contribution is -2.32. The van der Waals surface area contributed by atoms with Gasteiger partial charge in [-0.25, -0.2) is 18.2 Å². The zero-order chi connectivity index (χ0) is 27.1. The van der Waals surface area contributed by atoms with Gasteiger partial charge in [0.05, 0.1) is 19.1 Å². The van der Waals surface area contributed by atoms with E-state index in [-0.39, 0.29) is 11.1 Å². The predicted octanol–water partition coefficient (Wildman–Crippen LogP) is 2.35. The Morgan fingerprint density at radius 3 is 2.35 bits per heavy atom. The topological polar surface area (TPSA) is 235 Å². The minimum absolute atomic E-state index is 0.269. The first-order valence-electron chi connectivity index (χ1n) is 10.4. The highest BCUT2D eigenvalue weighted by Gasteiger charge is 2.54. The molecule has 1 saturated heterocycles. The summed E-state index contributed by atoms with van der Waals surface area (Å²) in [5.74, 6) is -3.25. The molecule has 202 valence electrons. The number of aromatic nitrogens is 1. The Labute approximate surface area is 208 Å². The quantitative estimate of drug-likeness (QED) is 0.135. The highest BCUT2D eigenvalue weighted by atomic mass is 31.3. The van der Waals surface area contributed by atoms with Gasteiger partial charge in [-0.05, 0) is 23.3 Å². The molecule has 18 heteroatoms. The number of nitrogens with one attached hydrogen (secondary N) is 1. The first kappa shape index (κ1) is 28.1. The number of H-pyrrole nitrogens is 1. The number of aliphatic hydroxyl groups is 3. The summed E-state index contributed by atoms with van der Waals surface area (Å²) in [5, 5.41) is 30.0. The monoisotopic (exact) mass is 581 g/mol. The molecule has 4 rings (SSSR count). The molecular formula is C19H22NO14P3. The fourth-order valence-electron chi connectivity index (χ4n) is 3.58. The van der Waals surface area contributed by atoms with E-state index in [1.165, 1.54) is 6.20 Å². The molecule has 0 bridgehead atoms. The van der Waals surface area contributed by atoms with Crippen LogP contribution in [0.3, 0.4) is 0 Å². The van der Waals surface area contributed by atoms with Crippen LogP contribution in [0, 0.1) is 0 Å². The number of phosphoric ester groups is 1. The van der Waals surface area contributed by atoms with Gasteiger partial charge in [0.15, 0.2) is 5.75 Å². The van der Waals surface area contributed by atoms with Crippen molar-refractivity contribution >= 4 is 34.4 Å². The summed E-state index contributed by atoms with van der Waals surface area (Å²) >= 11 is 0. The average molecular weight is 581 g/mol. The van der Waals surface area contributed by atoms with Gasteiger partial charge in [0.1, 0.15) is 6.10 Å². The van der Waals surface area contributed by atoms with Crippen LogP contribution in [0.4, 0.5) is 0 Å². The number of aromatic amines is 1. The predicted molar refractivity (Wildman–Crippen MR) is 125 cm³/mol. The summed E-state index contributed by atoms with van der Waals surface area (Å²) in [4.78, 5) is 30.4. The third-order valence-electron chi connectivity index (χ3n) is 5.04. The molecule has 1 fully saturated rings. The summed E-state index contributed by atoms with van der Waals surface area (Å²) in [6.07, 6.45) is -2.55. The van der Waals surface area contributed by atoms with Crippen LogP contribution in [0.15, 0.2) is 54.7 Å². The van der Waals surface area contributed by atoms with Crippen LogP contribution in [0.2, 0.25) is 0 Å². The lowest BCUT2D eigenvalue weighted by molar-refractivity contribution is -0.314. The van der Waals surface area contributed by atoms with E-state index in [1.54, 1.807) is 30.3 Å². The van der Waals surface area contributed by atoms with Crippen molar-refractivity contribution in [2.24, 2.45) is 0 Å². The van der Waals surface area contributed by atoms with Crippen molar-refractivity contribution in [3.63, 3.8) is 0 Å². The Bertz CT molecular complexity index is 1410. The van der Waals surface area contributed by atoms with Crippen LogP contribution in [-0.4, -0.2) is 59.8 Å². The minimum Gasteiger partial charge on any atom is -0.401 e. The molecule has 37 heavy (non-hydrogen) atoms. The normalized spacial score (nSPS) is 25.6. The highest BCUT2D eigenvalue weighted by molar-refractivity contribution is 7.67. The molecule has 15 nitrogen and oxygen atoms in total. The molecule has 5 atom stereocenters. The fourth-order valence-corrected chi connectivity index (χ4v) is 7.22. The number of hydrogen-bond acceptors (Lipinski definition) is 11. The molecule has 7 N–H and O–H groups in total. The zero-order valence-corrected chi connectivity index (χ0v) is 21.2. The SMILES string of the molecule is O=P(O)(O)OP(=O)(O)OP(=O)(Oc1c[nH]c2ccc(-c3ccccc3)cc12)O[C@]1(O)C[C@H](O)[C@@H](CO)O1. The number of ether oxygens (including phenoxy) is 1. The Kier molecular flexibility index (Phi) is 7.84. The van der Waals surface area contributed by atoms with Gasteiger partial charge in [-0.15, -0.1) is 0 Å². The van der Waals surface area contributed by atoms with E-state index in [2.05, 4.69) is 13.6 Å². The minimum atomic E-state index is -5.86. The highest BCUT2D eigenvalue weighted by Crippen LogP contribution is 2.69. The second kappa shape index (κ2) is 10.3. The summed E-state index contributed by atoms with van der Waals surface area (Å²) in [6, 6.07) is 14.1. The lowest BCUT2D eigenvalue weighted by atomic mass is 10.0. The van der Waals surface area contributed by atoms with Crippen LogP contribution in [0.5, 0.6) is 5.75 Å². The third kappa shape index (κ3) is 6.94. The van der Waals surface area contributed by atoms with E-state index < -0.39 is 54.7 Å². The lowest BCUT2D eigenvalue weighted by Gasteiger charge is -2.27. The van der Waals surface area contributed by atoms with Crippen molar-refractivity contribution in [1.82, 2.24) is 4.98 Å². The van der Waals surface area contributed by atoms with Crippen LogP contribution < -0.4 is 4.52 Å². The van der Waals surface area contributed by atoms with Gasteiger partial charge in [-0.2, -0.15) is 8.62 Å². The van der Waals surface area contributed by atoms with Crippen LogP contribution in [0.25, 0.3) is 22.0 Å². The standard InChI is InChI=1S/C19H22NO14P3/c21-11-18-16(22)9-19(23,30-18)32-37(29,34-36(27,28)33-35(24,25)26)31-17-10-20-15-7-6-13(8-14(15)17)12-4-2-1-3-5-12/h1-8,10,16,18,20-23H,9,11H2,(H,27,28)(H2,24,25,26)/t16-,18+,19-,37?/m0/s1. The Morgan fingerprint density at radius 2 is 1.73 bits per heavy atom. The van der Waals surface area contributed by atoms with E-state index in [0.29, 0.717) is 11.1 Å². The van der Waals surface area contributed by atoms with Gasteiger partial charge >= 0.3 is 23.5 Å². The van der Waals surface area contributed by atoms with Gasteiger partial charge in [-0.3, -0.25) is 0 Å². The van der Waals surface area contributed by atoms with Gasteiger partial charge in [0.25, 0.3) is 5.97 Å². The average Bonchev–Trinajstić information content (AvgIpc) is 3.30.